The van der Waals surface area contributed by atoms with E-state index in [1.165, 1.54) is 0 Å². The summed E-state index contributed by atoms with van der Waals surface area (Å²) in [6, 6.07) is 13.1. The van der Waals surface area contributed by atoms with Crippen LogP contribution in [0.4, 0.5) is 11.6 Å². The number of imidazole rings is 1. The smallest absolute Gasteiger partial charge is 0.205 e. The number of aromatic amines is 1. The van der Waals surface area contributed by atoms with E-state index >= 15 is 0 Å². The number of benzene rings is 2. The summed E-state index contributed by atoms with van der Waals surface area (Å²) in [5.74, 6) is 0.625. The highest BCUT2D eigenvalue weighted by atomic mass is 35.5. The van der Waals surface area contributed by atoms with E-state index < -0.39 is 0 Å². The lowest BCUT2D eigenvalue weighted by Crippen LogP contribution is -1.94. The third-order valence-corrected chi connectivity index (χ3v) is 3.30. The van der Waals surface area contributed by atoms with Crippen LogP contribution in [0.25, 0.3) is 11.0 Å². The Balaban J connectivity index is 1.99. The van der Waals surface area contributed by atoms with Crippen LogP contribution in [0.15, 0.2) is 36.4 Å². The first-order valence-electron chi connectivity index (χ1n) is 6.09. The third kappa shape index (κ3) is 2.31. The van der Waals surface area contributed by atoms with Crippen molar-refractivity contribution in [1.82, 2.24) is 9.97 Å². The van der Waals surface area contributed by atoms with E-state index in [4.69, 9.17) is 16.9 Å². The maximum Gasteiger partial charge on any atom is 0.205 e. The monoisotopic (exact) mass is 282 g/mol. The maximum absolute atomic E-state index is 8.89. The Bertz CT molecular complexity index is 829. The van der Waals surface area contributed by atoms with Gasteiger partial charge in [-0.25, -0.2) is 4.98 Å². The molecule has 98 valence electrons. The van der Waals surface area contributed by atoms with Crippen LogP contribution in [0.5, 0.6) is 0 Å². The van der Waals surface area contributed by atoms with Crippen molar-refractivity contribution in [3.8, 4) is 6.07 Å². The topological polar surface area (TPSA) is 64.5 Å². The Labute approximate surface area is 121 Å². The fourth-order valence-corrected chi connectivity index (χ4v) is 2.17. The van der Waals surface area contributed by atoms with Crippen LogP contribution in [-0.2, 0) is 0 Å². The molecule has 1 heterocycles. The quantitative estimate of drug-likeness (QED) is 0.742. The van der Waals surface area contributed by atoms with Gasteiger partial charge in [-0.2, -0.15) is 5.26 Å². The number of nitriles is 1. The van der Waals surface area contributed by atoms with E-state index in [1.807, 2.05) is 31.2 Å². The van der Waals surface area contributed by atoms with Crippen molar-refractivity contribution in [2.24, 2.45) is 0 Å². The van der Waals surface area contributed by atoms with E-state index in [-0.39, 0.29) is 0 Å². The number of nitrogens with one attached hydrogen (secondary N) is 2. The summed E-state index contributed by atoms with van der Waals surface area (Å²) in [6.45, 7) is 2.00. The van der Waals surface area contributed by atoms with Crippen molar-refractivity contribution in [2.75, 3.05) is 5.32 Å². The molecular formula is C15H11ClN4. The van der Waals surface area contributed by atoms with Crippen molar-refractivity contribution >= 4 is 34.3 Å². The zero-order valence-corrected chi connectivity index (χ0v) is 11.5. The van der Waals surface area contributed by atoms with Gasteiger partial charge in [0.2, 0.25) is 5.95 Å². The minimum atomic E-state index is 0.603. The van der Waals surface area contributed by atoms with Crippen molar-refractivity contribution in [2.45, 2.75) is 6.92 Å². The van der Waals surface area contributed by atoms with E-state index in [2.05, 4.69) is 21.4 Å². The first-order valence-corrected chi connectivity index (χ1v) is 6.46. The van der Waals surface area contributed by atoms with E-state index in [0.29, 0.717) is 16.5 Å². The predicted octanol–water partition coefficient (Wildman–Crippen LogP) is 4.14. The van der Waals surface area contributed by atoms with Gasteiger partial charge in [-0.05, 0) is 42.8 Å². The number of aryl methyl sites for hydroxylation is 1. The molecule has 0 aliphatic rings. The predicted molar refractivity (Wildman–Crippen MR) is 80.3 cm³/mol. The van der Waals surface area contributed by atoms with Gasteiger partial charge in [0.15, 0.2) is 0 Å². The van der Waals surface area contributed by atoms with Gasteiger partial charge in [0.05, 0.1) is 22.7 Å². The van der Waals surface area contributed by atoms with Crippen LogP contribution >= 0.6 is 11.6 Å². The van der Waals surface area contributed by atoms with Crippen LogP contribution in [0, 0.1) is 18.3 Å². The molecule has 0 atom stereocenters. The number of H-pyrrole nitrogens is 1. The van der Waals surface area contributed by atoms with Crippen LogP contribution < -0.4 is 5.32 Å². The lowest BCUT2D eigenvalue weighted by molar-refractivity contribution is 1.29. The minimum Gasteiger partial charge on any atom is -0.325 e. The zero-order valence-electron chi connectivity index (χ0n) is 10.7. The van der Waals surface area contributed by atoms with Gasteiger partial charge in [0.25, 0.3) is 0 Å². The first kappa shape index (κ1) is 12.5. The van der Waals surface area contributed by atoms with Crippen molar-refractivity contribution in [3.05, 3.63) is 52.5 Å². The summed E-state index contributed by atoms with van der Waals surface area (Å²) in [7, 11) is 0. The van der Waals surface area contributed by atoms with Crippen LogP contribution in [0.1, 0.15) is 11.1 Å². The molecule has 5 heteroatoms. The average Bonchev–Trinajstić information content (AvgIpc) is 2.84. The molecule has 2 N–H and O–H groups in total. The highest BCUT2D eigenvalue weighted by Gasteiger charge is 2.06. The summed E-state index contributed by atoms with van der Waals surface area (Å²) in [5, 5.41) is 12.8. The van der Waals surface area contributed by atoms with Gasteiger partial charge < -0.3 is 10.3 Å². The maximum atomic E-state index is 8.89. The largest absolute Gasteiger partial charge is 0.325 e. The zero-order chi connectivity index (χ0) is 14.1. The number of hydrogen-bond acceptors (Lipinski definition) is 3. The number of halogens is 1. The van der Waals surface area contributed by atoms with Gasteiger partial charge in [0, 0.05) is 10.7 Å². The molecule has 3 aromatic rings. The lowest BCUT2D eigenvalue weighted by Gasteiger charge is -2.06. The second kappa shape index (κ2) is 4.87. The highest BCUT2D eigenvalue weighted by molar-refractivity contribution is 6.30. The molecular weight excluding hydrogens is 272 g/mol. The molecule has 0 spiro atoms. The summed E-state index contributed by atoms with van der Waals surface area (Å²) >= 11 is 5.99. The SMILES string of the molecule is Cc1ccc(Cl)cc1Nc1nc2ccc(C#N)cc2[nH]1. The van der Waals surface area contributed by atoms with Crippen molar-refractivity contribution in [1.29, 1.82) is 5.26 Å². The molecule has 0 saturated carbocycles. The van der Waals surface area contributed by atoms with E-state index in [9.17, 15) is 0 Å². The van der Waals surface area contributed by atoms with Crippen molar-refractivity contribution < 1.29 is 0 Å². The molecule has 0 fully saturated rings. The molecule has 3 rings (SSSR count). The normalized spacial score (nSPS) is 10.4. The number of nitrogens with zero attached hydrogens (tertiary/aromatic N) is 2. The third-order valence-electron chi connectivity index (χ3n) is 3.06. The average molecular weight is 283 g/mol. The van der Waals surface area contributed by atoms with Gasteiger partial charge in [-0.1, -0.05) is 17.7 Å². The Hall–Kier alpha value is -2.51. The van der Waals surface area contributed by atoms with E-state index in [0.717, 1.165) is 22.3 Å². The Morgan fingerprint density at radius 1 is 1.25 bits per heavy atom. The first-order chi connectivity index (χ1) is 9.65. The molecule has 20 heavy (non-hydrogen) atoms. The standard InChI is InChI=1S/C15H11ClN4/c1-9-2-4-11(16)7-13(9)19-15-18-12-5-3-10(8-17)6-14(12)20-15/h2-7H,1H3,(H2,18,19,20). The van der Waals surface area contributed by atoms with Gasteiger partial charge in [0.1, 0.15) is 0 Å². The van der Waals surface area contributed by atoms with Crippen LogP contribution in [-0.4, -0.2) is 9.97 Å². The van der Waals surface area contributed by atoms with E-state index in [1.54, 1.807) is 12.1 Å². The fraction of sp³-hybridized carbons (Fsp3) is 0.0667. The fourth-order valence-electron chi connectivity index (χ4n) is 1.99. The second-order valence-corrected chi connectivity index (χ2v) is 4.95. The number of anilines is 2. The molecule has 0 unspecified atom stereocenters. The molecule has 0 aliphatic carbocycles. The molecule has 0 aliphatic heterocycles. The molecule has 0 bridgehead atoms. The highest BCUT2D eigenvalue weighted by Crippen LogP contribution is 2.24. The minimum absolute atomic E-state index is 0.603. The number of fused-ring (bicyclic) bond motifs is 1. The Morgan fingerprint density at radius 2 is 2.10 bits per heavy atom. The summed E-state index contributed by atoms with van der Waals surface area (Å²) in [4.78, 5) is 7.58. The molecule has 4 nitrogen and oxygen atoms in total. The van der Waals surface area contributed by atoms with Gasteiger partial charge >= 0.3 is 0 Å². The Kier molecular flexibility index (Phi) is 3.05. The Morgan fingerprint density at radius 3 is 2.90 bits per heavy atom. The number of hydrogen-bond donors (Lipinski definition) is 2. The molecule has 2 aromatic carbocycles. The van der Waals surface area contributed by atoms with Crippen molar-refractivity contribution in [3.63, 3.8) is 0 Å². The molecule has 0 amide bonds. The molecule has 0 saturated heterocycles. The lowest BCUT2D eigenvalue weighted by atomic mass is 10.2. The number of rotatable bonds is 2. The summed E-state index contributed by atoms with van der Waals surface area (Å²) in [5.41, 5.74) is 4.22. The molecule has 0 radical (unpaired) electrons. The number of aromatic nitrogens is 2. The van der Waals surface area contributed by atoms with Crippen LogP contribution in [0.2, 0.25) is 5.02 Å². The summed E-state index contributed by atoms with van der Waals surface area (Å²) in [6.07, 6.45) is 0. The molecule has 1 aromatic heterocycles. The van der Waals surface area contributed by atoms with Crippen LogP contribution in [0.3, 0.4) is 0 Å². The summed E-state index contributed by atoms with van der Waals surface area (Å²) < 4.78 is 0. The van der Waals surface area contributed by atoms with Gasteiger partial charge in [-0.3, -0.25) is 0 Å². The van der Waals surface area contributed by atoms with Gasteiger partial charge in [-0.15, -0.1) is 0 Å². The second-order valence-electron chi connectivity index (χ2n) is 4.51.